The van der Waals surface area contributed by atoms with E-state index in [0.717, 1.165) is 56.9 Å². The number of hydrogen-bond donors (Lipinski definition) is 1. The van der Waals surface area contributed by atoms with Gasteiger partial charge in [-0.2, -0.15) is 0 Å². The lowest BCUT2D eigenvalue weighted by Crippen LogP contribution is -2.46. The first-order valence-electron chi connectivity index (χ1n) is 11.6. The lowest BCUT2D eigenvalue weighted by Gasteiger charge is -2.34. The minimum Gasteiger partial charge on any atom is -0.355 e. The van der Waals surface area contributed by atoms with Gasteiger partial charge in [0, 0.05) is 44.3 Å². The van der Waals surface area contributed by atoms with E-state index in [0.29, 0.717) is 22.5 Å². The highest BCUT2D eigenvalue weighted by Crippen LogP contribution is 2.23. The lowest BCUT2D eigenvalue weighted by molar-refractivity contribution is -0.118. The van der Waals surface area contributed by atoms with Crippen molar-refractivity contribution < 1.29 is 4.79 Å². The summed E-state index contributed by atoms with van der Waals surface area (Å²) in [7, 11) is 0. The molecule has 1 aliphatic heterocycles. The predicted molar refractivity (Wildman–Crippen MR) is 138 cm³/mol. The topological polar surface area (TPSA) is 66.3 Å². The Morgan fingerprint density at radius 1 is 1.09 bits per heavy atom. The van der Waals surface area contributed by atoms with Gasteiger partial charge in [0.05, 0.1) is 11.4 Å². The SMILES string of the molecule is Cc1ccc(-n2cnnc2SCC(=O)NCCCN2CCN(Cc3ccccc3)CC2)cc1Cl. The number of aromatic nitrogens is 3. The summed E-state index contributed by atoms with van der Waals surface area (Å²) in [4.78, 5) is 17.3. The van der Waals surface area contributed by atoms with Gasteiger partial charge in [0.15, 0.2) is 5.16 Å². The molecular formula is C25H31ClN6OS. The molecule has 0 aliphatic carbocycles. The monoisotopic (exact) mass is 498 g/mol. The lowest BCUT2D eigenvalue weighted by atomic mass is 10.2. The van der Waals surface area contributed by atoms with Crippen LogP contribution in [-0.2, 0) is 11.3 Å². The van der Waals surface area contributed by atoms with Gasteiger partial charge in [-0.15, -0.1) is 10.2 Å². The van der Waals surface area contributed by atoms with Gasteiger partial charge in [0.2, 0.25) is 5.91 Å². The molecule has 0 bridgehead atoms. The highest BCUT2D eigenvalue weighted by Gasteiger charge is 2.16. The summed E-state index contributed by atoms with van der Waals surface area (Å²) in [6, 6.07) is 16.5. The number of nitrogens with one attached hydrogen (secondary N) is 1. The molecule has 0 unspecified atom stereocenters. The minimum absolute atomic E-state index is 0.00849. The van der Waals surface area contributed by atoms with Crippen molar-refractivity contribution in [2.75, 3.05) is 45.0 Å². The van der Waals surface area contributed by atoms with E-state index in [9.17, 15) is 4.79 Å². The molecule has 1 N–H and O–H groups in total. The summed E-state index contributed by atoms with van der Waals surface area (Å²) >= 11 is 7.62. The van der Waals surface area contributed by atoms with Crippen molar-refractivity contribution in [3.05, 3.63) is 71.0 Å². The van der Waals surface area contributed by atoms with E-state index in [-0.39, 0.29) is 5.91 Å². The number of amides is 1. The van der Waals surface area contributed by atoms with Crippen LogP contribution in [-0.4, -0.2) is 75.5 Å². The Hall–Kier alpha value is -2.39. The largest absolute Gasteiger partial charge is 0.355 e. The van der Waals surface area contributed by atoms with Crippen LogP contribution in [0.15, 0.2) is 60.0 Å². The molecule has 4 rings (SSSR count). The van der Waals surface area contributed by atoms with E-state index in [2.05, 4.69) is 55.6 Å². The molecule has 0 spiro atoms. The highest BCUT2D eigenvalue weighted by atomic mass is 35.5. The number of benzene rings is 2. The predicted octanol–water partition coefficient (Wildman–Crippen LogP) is 3.65. The molecule has 0 atom stereocenters. The zero-order valence-electron chi connectivity index (χ0n) is 19.5. The van der Waals surface area contributed by atoms with Crippen molar-refractivity contribution in [1.29, 1.82) is 0 Å². The minimum atomic E-state index is 0.00849. The summed E-state index contributed by atoms with van der Waals surface area (Å²) in [5, 5.41) is 12.5. The molecule has 1 amide bonds. The zero-order chi connectivity index (χ0) is 23.8. The fourth-order valence-electron chi connectivity index (χ4n) is 3.96. The number of nitrogens with zero attached hydrogens (tertiary/aromatic N) is 5. The number of carbonyl (C=O) groups is 1. The highest BCUT2D eigenvalue weighted by molar-refractivity contribution is 7.99. The first-order valence-corrected chi connectivity index (χ1v) is 13.0. The van der Waals surface area contributed by atoms with E-state index < -0.39 is 0 Å². The zero-order valence-corrected chi connectivity index (χ0v) is 21.1. The maximum atomic E-state index is 12.3. The van der Waals surface area contributed by atoms with Crippen LogP contribution >= 0.6 is 23.4 Å². The van der Waals surface area contributed by atoms with E-state index in [1.54, 1.807) is 6.33 Å². The standard InChI is InChI=1S/C25H31ClN6OS/c1-20-8-9-22(16-23(20)26)32-19-28-29-25(32)34-18-24(33)27-10-5-11-30-12-14-31(15-13-30)17-21-6-3-2-4-7-21/h2-4,6-9,16,19H,5,10-15,17-18H2,1H3,(H,27,33). The normalized spacial score (nSPS) is 14.9. The van der Waals surface area contributed by atoms with Gasteiger partial charge < -0.3 is 10.2 Å². The van der Waals surface area contributed by atoms with Gasteiger partial charge in [0.1, 0.15) is 6.33 Å². The Bertz CT molecular complexity index is 1070. The number of aryl methyl sites for hydroxylation is 1. The fourth-order valence-corrected chi connectivity index (χ4v) is 4.89. The van der Waals surface area contributed by atoms with Crippen molar-refractivity contribution in [2.24, 2.45) is 0 Å². The molecule has 2 heterocycles. The third-order valence-electron chi connectivity index (χ3n) is 5.97. The molecule has 9 heteroatoms. The Morgan fingerprint density at radius 2 is 1.85 bits per heavy atom. The summed E-state index contributed by atoms with van der Waals surface area (Å²) < 4.78 is 1.85. The maximum Gasteiger partial charge on any atom is 0.230 e. The number of rotatable bonds is 10. The average molecular weight is 499 g/mol. The molecule has 7 nitrogen and oxygen atoms in total. The van der Waals surface area contributed by atoms with Gasteiger partial charge in [0.25, 0.3) is 0 Å². The molecule has 1 aromatic heterocycles. The third kappa shape index (κ3) is 7.06. The van der Waals surface area contributed by atoms with Crippen molar-refractivity contribution in [2.45, 2.75) is 25.0 Å². The Labute approximate surface area is 210 Å². The molecule has 3 aromatic rings. The summed E-state index contributed by atoms with van der Waals surface area (Å²) in [5.74, 6) is 0.311. The van der Waals surface area contributed by atoms with Crippen LogP contribution < -0.4 is 5.32 Å². The number of hydrogen-bond acceptors (Lipinski definition) is 6. The second-order valence-corrected chi connectivity index (χ2v) is 9.86. The Morgan fingerprint density at radius 3 is 2.62 bits per heavy atom. The van der Waals surface area contributed by atoms with Crippen LogP contribution in [0.3, 0.4) is 0 Å². The van der Waals surface area contributed by atoms with Crippen molar-refractivity contribution >= 4 is 29.3 Å². The van der Waals surface area contributed by atoms with E-state index >= 15 is 0 Å². The van der Waals surface area contributed by atoms with Gasteiger partial charge in [-0.25, -0.2) is 0 Å². The summed E-state index contributed by atoms with van der Waals surface area (Å²) in [6.45, 7) is 9.01. The van der Waals surface area contributed by atoms with Gasteiger partial charge in [-0.3, -0.25) is 14.3 Å². The van der Waals surface area contributed by atoms with Crippen LogP contribution in [0.2, 0.25) is 5.02 Å². The van der Waals surface area contributed by atoms with Crippen LogP contribution in [0, 0.1) is 6.92 Å². The van der Waals surface area contributed by atoms with Crippen LogP contribution in [0.4, 0.5) is 0 Å². The Balaban J connectivity index is 1.12. The smallest absolute Gasteiger partial charge is 0.230 e. The number of piperazine rings is 1. The number of halogens is 1. The van der Waals surface area contributed by atoms with Crippen molar-refractivity contribution in [1.82, 2.24) is 29.9 Å². The molecule has 2 aromatic carbocycles. The summed E-state index contributed by atoms with van der Waals surface area (Å²) in [6.07, 6.45) is 2.59. The van der Waals surface area contributed by atoms with Gasteiger partial charge in [-0.1, -0.05) is 59.8 Å². The second-order valence-electron chi connectivity index (χ2n) is 8.51. The Kier molecular flexibility index (Phi) is 8.98. The number of thioether (sulfide) groups is 1. The molecular weight excluding hydrogens is 468 g/mol. The summed E-state index contributed by atoms with van der Waals surface area (Å²) in [5.41, 5.74) is 3.27. The first kappa shape index (κ1) is 24.7. The average Bonchev–Trinajstić information content (AvgIpc) is 3.33. The van der Waals surface area contributed by atoms with Crippen molar-refractivity contribution in [3.63, 3.8) is 0 Å². The first-order chi connectivity index (χ1) is 16.6. The molecule has 1 saturated heterocycles. The van der Waals surface area contributed by atoms with Gasteiger partial charge in [-0.05, 0) is 43.1 Å². The quantitative estimate of drug-likeness (QED) is 0.340. The van der Waals surface area contributed by atoms with Gasteiger partial charge >= 0.3 is 0 Å². The van der Waals surface area contributed by atoms with E-state index in [1.165, 1.54) is 17.3 Å². The van der Waals surface area contributed by atoms with Crippen LogP contribution in [0.5, 0.6) is 0 Å². The molecule has 1 fully saturated rings. The second kappa shape index (κ2) is 12.4. The molecule has 34 heavy (non-hydrogen) atoms. The molecule has 0 saturated carbocycles. The van der Waals surface area contributed by atoms with E-state index in [4.69, 9.17) is 11.6 Å². The number of carbonyl (C=O) groups excluding carboxylic acids is 1. The molecule has 1 aliphatic rings. The maximum absolute atomic E-state index is 12.3. The molecule has 180 valence electrons. The third-order valence-corrected chi connectivity index (χ3v) is 7.32. The fraction of sp³-hybridized carbons (Fsp3) is 0.400. The van der Waals surface area contributed by atoms with E-state index in [1.807, 2.05) is 29.7 Å². The van der Waals surface area contributed by atoms with Crippen molar-refractivity contribution in [3.8, 4) is 5.69 Å². The molecule has 0 radical (unpaired) electrons. The van der Waals surface area contributed by atoms with Crippen LogP contribution in [0.1, 0.15) is 17.5 Å². The van der Waals surface area contributed by atoms with Crippen LogP contribution in [0.25, 0.3) is 5.69 Å².